The molecule has 0 spiro atoms. The first kappa shape index (κ1) is 14.1. The molecule has 1 unspecified atom stereocenters. The molecule has 0 saturated carbocycles. The predicted octanol–water partition coefficient (Wildman–Crippen LogP) is 4.36. The van der Waals surface area contributed by atoms with Crippen LogP contribution in [0, 0.1) is 0 Å². The van der Waals surface area contributed by atoms with Crippen LogP contribution in [0.25, 0.3) is 0 Å². The number of hydrogen-bond donors (Lipinski definition) is 1. The van der Waals surface area contributed by atoms with E-state index >= 15 is 0 Å². The highest BCUT2D eigenvalue weighted by Crippen LogP contribution is 2.32. The molecule has 108 valence electrons. The van der Waals surface area contributed by atoms with Crippen molar-refractivity contribution >= 4 is 22.0 Å². The van der Waals surface area contributed by atoms with Gasteiger partial charge in [0.1, 0.15) is 6.61 Å². The van der Waals surface area contributed by atoms with Gasteiger partial charge in [0.25, 0.3) is 0 Å². The highest BCUT2D eigenvalue weighted by atomic mass is 79.9. The summed E-state index contributed by atoms with van der Waals surface area (Å²) in [5, 5.41) is 2.95. The standard InChI is InChI=1S/C17H16BrNO2/c18-14-7-8-15-13(10-14)6-9-16(15)19-17(20)21-11-12-4-2-1-3-5-12/h1-5,7-8,10,16H,6,9,11H2,(H,19,20). The van der Waals surface area contributed by atoms with Crippen LogP contribution in [0.15, 0.2) is 53.0 Å². The van der Waals surface area contributed by atoms with Gasteiger partial charge in [-0.15, -0.1) is 0 Å². The van der Waals surface area contributed by atoms with Crippen molar-refractivity contribution in [3.05, 3.63) is 69.7 Å². The molecule has 0 saturated heterocycles. The lowest BCUT2D eigenvalue weighted by Crippen LogP contribution is -2.27. The molecule has 21 heavy (non-hydrogen) atoms. The van der Waals surface area contributed by atoms with Gasteiger partial charge < -0.3 is 10.1 Å². The Morgan fingerprint density at radius 3 is 2.86 bits per heavy atom. The molecular formula is C17H16BrNO2. The maximum absolute atomic E-state index is 11.9. The number of aryl methyl sites for hydroxylation is 1. The van der Waals surface area contributed by atoms with Crippen LogP contribution < -0.4 is 5.32 Å². The van der Waals surface area contributed by atoms with Crippen LogP contribution in [0.2, 0.25) is 0 Å². The Kier molecular flexibility index (Phi) is 4.25. The fourth-order valence-corrected chi connectivity index (χ4v) is 3.05. The Balaban J connectivity index is 1.57. The summed E-state index contributed by atoms with van der Waals surface area (Å²) in [7, 11) is 0. The van der Waals surface area contributed by atoms with Gasteiger partial charge >= 0.3 is 6.09 Å². The summed E-state index contributed by atoms with van der Waals surface area (Å²) in [6.45, 7) is 0.298. The molecule has 3 rings (SSSR count). The number of benzene rings is 2. The molecule has 3 nitrogen and oxygen atoms in total. The van der Waals surface area contributed by atoms with Gasteiger partial charge in [-0.2, -0.15) is 0 Å². The molecule has 2 aromatic carbocycles. The number of rotatable bonds is 3. The normalized spacial score (nSPS) is 16.3. The van der Waals surface area contributed by atoms with E-state index in [9.17, 15) is 4.79 Å². The molecule has 0 aliphatic heterocycles. The van der Waals surface area contributed by atoms with E-state index in [1.807, 2.05) is 36.4 Å². The largest absolute Gasteiger partial charge is 0.445 e. The molecule has 1 aliphatic carbocycles. The lowest BCUT2D eigenvalue weighted by atomic mass is 10.1. The van der Waals surface area contributed by atoms with Gasteiger partial charge in [0.2, 0.25) is 0 Å². The molecule has 2 aromatic rings. The van der Waals surface area contributed by atoms with Gasteiger partial charge in [-0.3, -0.25) is 0 Å². The molecule has 4 heteroatoms. The fraction of sp³-hybridized carbons (Fsp3) is 0.235. The van der Waals surface area contributed by atoms with Crippen LogP contribution in [0.5, 0.6) is 0 Å². The molecule has 1 amide bonds. The molecule has 1 aliphatic rings. The molecular weight excluding hydrogens is 330 g/mol. The van der Waals surface area contributed by atoms with E-state index in [1.165, 1.54) is 11.1 Å². The summed E-state index contributed by atoms with van der Waals surface area (Å²) in [5.41, 5.74) is 3.47. The number of halogens is 1. The van der Waals surface area contributed by atoms with Crippen molar-refractivity contribution in [1.29, 1.82) is 0 Å². The smallest absolute Gasteiger partial charge is 0.407 e. The van der Waals surface area contributed by atoms with Crippen LogP contribution in [0.1, 0.15) is 29.2 Å². The van der Waals surface area contributed by atoms with Crippen LogP contribution >= 0.6 is 15.9 Å². The second-order valence-corrected chi connectivity index (χ2v) is 6.06. The van der Waals surface area contributed by atoms with Crippen molar-refractivity contribution in [2.24, 2.45) is 0 Å². The summed E-state index contributed by atoms with van der Waals surface area (Å²) >= 11 is 3.47. The quantitative estimate of drug-likeness (QED) is 0.897. The average Bonchev–Trinajstić information content (AvgIpc) is 2.88. The maximum Gasteiger partial charge on any atom is 0.407 e. The number of amides is 1. The third-order valence-electron chi connectivity index (χ3n) is 3.69. The van der Waals surface area contributed by atoms with Crippen LogP contribution in [-0.4, -0.2) is 6.09 Å². The Labute approximate surface area is 132 Å². The molecule has 0 bridgehead atoms. The highest BCUT2D eigenvalue weighted by molar-refractivity contribution is 9.10. The minimum absolute atomic E-state index is 0.0522. The Hall–Kier alpha value is -1.81. The number of nitrogens with one attached hydrogen (secondary N) is 1. The minimum Gasteiger partial charge on any atom is -0.445 e. The third-order valence-corrected chi connectivity index (χ3v) is 4.18. The van der Waals surface area contributed by atoms with E-state index in [1.54, 1.807) is 0 Å². The number of alkyl carbamates (subject to hydrolysis) is 1. The maximum atomic E-state index is 11.9. The van der Waals surface area contributed by atoms with Gasteiger partial charge in [-0.1, -0.05) is 52.3 Å². The SMILES string of the molecule is O=C(NC1CCc2cc(Br)ccc21)OCc1ccccc1. The van der Waals surface area contributed by atoms with E-state index in [-0.39, 0.29) is 12.1 Å². The monoisotopic (exact) mass is 345 g/mol. The second kappa shape index (κ2) is 6.31. The third kappa shape index (κ3) is 3.45. The van der Waals surface area contributed by atoms with E-state index in [2.05, 4.69) is 33.4 Å². The number of ether oxygens (including phenoxy) is 1. The van der Waals surface area contributed by atoms with Crippen molar-refractivity contribution in [2.75, 3.05) is 0 Å². The summed E-state index contributed by atoms with van der Waals surface area (Å²) < 4.78 is 6.35. The van der Waals surface area contributed by atoms with Gasteiger partial charge in [0.15, 0.2) is 0 Å². The Morgan fingerprint density at radius 2 is 2.05 bits per heavy atom. The van der Waals surface area contributed by atoms with Crippen LogP contribution in [0.4, 0.5) is 4.79 Å². The zero-order valence-corrected chi connectivity index (χ0v) is 13.1. The van der Waals surface area contributed by atoms with Crippen LogP contribution in [0.3, 0.4) is 0 Å². The number of carbonyl (C=O) groups excluding carboxylic acids is 1. The van der Waals surface area contributed by atoms with E-state index < -0.39 is 0 Å². The summed E-state index contributed by atoms with van der Waals surface area (Å²) in [4.78, 5) is 11.9. The van der Waals surface area contributed by atoms with Crippen molar-refractivity contribution in [3.8, 4) is 0 Å². The lowest BCUT2D eigenvalue weighted by molar-refractivity contribution is 0.135. The first-order chi connectivity index (χ1) is 10.2. The minimum atomic E-state index is -0.361. The molecule has 0 fully saturated rings. The summed E-state index contributed by atoms with van der Waals surface area (Å²) in [6, 6.07) is 15.9. The van der Waals surface area contributed by atoms with E-state index in [4.69, 9.17) is 4.74 Å². The van der Waals surface area contributed by atoms with Crippen molar-refractivity contribution in [1.82, 2.24) is 5.32 Å². The summed E-state index contributed by atoms with van der Waals surface area (Å²) in [6.07, 6.45) is 1.55. The van der Waals surface area contributed by atoms with Gasteiger partial charge in [-0.05, 0) is 41.7 Å². The van der Waals surface area contributed by atoms with Gasteiger partial charge in [-0.25, -0.2) is 4.79 Å². The summed E-state index contributed by atoms with van der Waals surface area (Å²) in [5.74, 6) is 0. The zero-order chi connectivity index (χ0) is 14.7. The van der Waals surface area contributed by atoms with E-state index in [0.29, 0.717) is 6.61 Å². The molecule has 0 aromatic heterocycles. The zero-order valence-electron chi connectivity index (χ0n) is 11.5. The highest BCUT2D eigenvalue weighted by Gasteiger charge is 2.24. The first-order valence-electron chi connectivity index (χ1n) is 6.98. The molecule has 0 heterocycles. The van der Waals surface area contributed by atoms with Crippen molar-refractivity contribution in [3.63, 3.8) is 0 Å². The molecule has 0 radical (unpaired) electrons. The van der Waals surface area contributed by atoms with E-state index in [0.717, 1.165) is 22.9 Å². The van der Waals surface area contributed by atoms with Crippen molar-refractivity contribution in [2.45, 2.75) is 25.5 Å². The van der Waals surface area contributed by atoms with Crippen LogP contribution in [-0.2, 0) is 17.8 Å². The average molecular weight is 346 g/mol. The number of carbonyl (C=O) groups is 1. The predicted molar refractivity (Wildman–Crippen MR) is 85.0 cm³/mol. The number of fused-ring (bicyclic) bond motifs is 1. The van der Waals surface area contributed by atoms with Gasteiger partial charge in [0, 0.05) is 4.47 Å². The topological polar surface area (TPSA) is 38.3 Å². The van der Waals surface area contributed by atoms with Crippen molar-refractivity contribution < 1.29 is 9.53 Å². The molecule has 1 N–H and O–H groups in total. The Morgan fingerprint density at radius 1 is 1.24 bits per heavy atom. The molecule has 1 atom stereocenters. The first-order valence-corrected chi connectivity index (χ1v) is 7.77. The number of hydrogen-bond acceptors (Lipinski definition) is 2. The second-order valence-electron chi connectivity index (χ2n) is 5.14. The lowest BCUT2D eigenvalue weighted by Gasteiger charge is -2.14. The Bertz CT molecular complexity index is 642. The fourth-order valence-electron chi connectivity index (χ4n) is 2.64. The van der Waals surface area contributed by atoms with Gasteiger partial charge in [0.05, 0.1) is 6.04 Å².